The van der Waals surface area contributed by atoms with E-state index in [0.29, 0.717) is 17.8 Å². The van der Waals surface area contributed by atoms with Crippen LogP contribution in [-0.4, -0.2) is 30.1 Å². The van der Waals surface area contributed by atoms with Gasteiger partial charge in [-0.25, -0.2) is 4.98 Å². The summed E-state index contributed by atoms with van der Waals surface area (Å²) in [5, 5.41) is 3.08. The van der Waals surface area contributed by atoms with Gasteiger partial charge in [-0.1, -0.05) is 11.6 Å². The van der Waals surface area contributed by atoms with Crippen LogP contribution in [0.3, 0.4) is 0 Å². The Morgan fingerprint density at radius 2 is 2.39 bits per heavy atom. The number of pyridine rings is 1. The third-order valence-electron chi connectivity index (χ3n) is 3.41. The van der Waals surface area contributed by atoms with Crippen molar-refractivity contribution in [3.63, 3.8) is 0 Å². The number of nitrogen functional groups attached to an aromatic ring is 1. The van der Waals surface area contributed by atoms with E-state index in [-0.39, 0.29) is 16.7 Å². The van der Waals surface area contributed by atoms with Gasteiger partial charge in [-0.15, -0.1) is 0 Å². The van der Waals surface area contributed by atoms with Crippen LogP contribution in [0.4, 0.5) is 5.69 Å². The van der Waals surface area contributed by atoms with Gasteiger partial charge in [0.1, 0.15) is 5.15 Å². The molecule has 1 aromatic rings. The number of nitrogens with two attached hydrogens (primary N) is 1. The van der Waals surface area contributed by atoms with Crippen LogP contribution in [0.5, 0.6) is 0 Å². The van der Waals surface area contributed by atoms with E-state index < -0.39 is 0 Å². The average Bonchev–Trinajstić information content (AvgIpc) is 2.31. The minimum atomic E-state index is -0.250. The number of anilines is 1. The smallest absolute Gasteiger partial charge is 0.253 e. The summed E-state index contributed by atoms with van der Waals surface area (Å²) in [6, 6.07) is 1.46. The molecular formula is C12H16ClN3O2. The predicted octanol–water partition coefficient (Wildman–Crippen LogP) is 1.62. The van der Waals surface area contributed by atoms with Gasteiger partial charge in [0, 0.05) is 13.7 Å². The van der Waals surface area contributed by atoms with Gasteiger partial charge >= 0.3 is 0 Å². The number of aromatic nitrogens is 1. The van der Waals surface area contributed by atoms with Gasteiger partial charge in [0.25, 0.3) is 5.91 Å². The van der Waals surface area contributed by atoms with Crippen LogP contribution in [0.25, 0.3) is 0 Å². The van der Waals surface area contributed by atoms with E-state index in [9.17, 15) is 4.79 Å². The quantitative estimate of drug-likeness (QED) is 0.814. The molecule has 5 nitrogen and oxygen atoms in total. The molecule has 18 heavy (non-hydrogen) atoms. The van der Waals surface area contributed by atoms with E-state index in [1.54, 1.807) is 7.11 Å². The minimum absolute atomic E-state index is 0.207. The Labute approximate surface area is 111 Å². The molecule has 1 aliphatic rings. The highest BCUT2D eigenvalue weighted by atomic mass is 35.5. The third-order valence-corrected chi connectivity index (χ3v) is 3.62. The van der Waals surface area contributed by atoms with E-state index in [1.807, 2.05) is 0 Å². The van der Waals surface area contributed by atoms with Crippen molar-refractivity contribution in [2.45, 2.75) is 24.9 Å². The molecule has 0 aliphatic heterocycles. The van der Waals surface area contributed by atoms with Crippen LogP contribution in [0.15, 0.2) is 12.3 Å². The SMILES string of the molecule is COC1(CNC(=O)c2cc(Cl)ncc2N)CCC1. The summed E-state index contributed by atoms with van der Waals surface area (Å²) in [6.45, 7) is 0.488. The van der Waals surface area contributed by atoms with Gasteiger partial charge in [-0.3, -0.25) is 4.79 Å². The summed E-state index contributed by atoms with van der Waals surface area (Å²) in [6.07, 6.45) is 4.45. The average molecular weight is 270 g/mol. The van der Waals surface area contributed by atoms with Crippen molar-refractivity contribution >= 4 is 23.2 Å². The summed E-state index contributed by atoms with van der Waals surface area (Å²) in [7, 11) is 1.67. The van der Waals surface area contributed by atoms with E-state index in [0.717, 1.165) is 19.3 Å². The van der Waals surface area contributed by atoms with Crippen molar-refractivity contribution in [2.75, 3.05) is 19.4 Å². The van der Waals surface area contributed by atoms with Crippen molar-refractivity contribution in [1.29, 1.82) is 0 Å². The van der Waals surface area contributed by atoms with E-state index in [1.165, 1.54) is 12.3 Å². The van der Waals surface area contributed by atoms with Gasteiger partial charge in [-0.2, -0.15) is 0 Å². The summed E-state index contributed by atoms with van der Waals surface area (Å²) in [5.74, 6) is -0.250. The molecule has 1 fully saturated rings. The van der Waals surface area contributed by atoms with Crippen LogP contribution < -0.4 is 11.1 Å². The van der Waals surface area contributed by atoms with E-state index >= 15 is 0 Å². The van der Waals surface area contributed by atoms with Crippen LogP contribution >= 0.6 is 11.6 Å². The van der Waals surface area contributed by atoms with Crippen molar-refractivity contribution in [1.82, 2.24) is 10.3 Å². The molecule has 0 unspecified atom stereocenters. The zero-order valence-corrected chi connectivity index (χ0v) is 11.0. The second-order valence-corrected chi connectivity index (χ2v) is 4.90. The lowest BCUT2D eigenvalue weighted by Crippen LogP contribution is -2.49. The fraction of sp³-hybridized carbons (Fsp3) is 0.500. The Balaban J connectivity index is 2.01. The molecule has 0 spiro atoms. The largest absolute Gasteiger partial charge is 0.397 e. The molecule has 1 heterocycles. The first kappa shape index (κ1) is 13.1. The van der Waals surface area contributed by atoms with Gasteiger partial charge in [0.15, 0.2) is 0 Å². The topological polar surface area (TPSA) is 77.2 Å². The lowest BCUT2D eigenvalue weighted by atomic mass is 9.80. The number of amides is 1. The maximum atomic E-state index is 12.0. The molecule has 1 aromatic heterocycles. The first-order chi connectivity index (χ1) is 8.56. The molecule has 98 valence electrons. The summed E-state index contributed by atoms with van der Waals surface area (Å²) in [4.78, 5) is 15.8. The molecule has 0 atom stereocenters. The summed E-state index contributed by atoms with van der Waals surface area (Å²) < 4.78 is 5.43. The maximum Gasteiger partial charge on any atom is 0.253 e. The Kier molecular flexibility index (Phi) is 3.73. The lowest BCUT2D eigenvalue weighted by molar-refractivity contribution is -0.0679. The van der Waals surface area contributed by atoms with Crippen LogP contribution in [0, 0.1) is 0 Å². The van der Waals surface area contributed by atoms with Crippen molar-refractivity contribution in [3.8, 4) is 0 Å². The van der Waals surface area contributed by atoms with Crippen molar-refractivity contribution in [2.24, 2.45) is 0 Å². The van der Waals surface area contributed by atoms with Gasteiger partial charge < -0.3 is 15.8 Å². The highest BCUT2D eigenvalue weighted by Gasteiger charge is 2.37. The molecule has 2 rings (SSSR count). The number of carbonyl (C=O) groups is 1. The van der Waals surface area contributed by atoms with Crippen LogP contribution in [0.2, 0.25) is 5.15 Å². The molecule has 0 saturated heterocycles. The van der Waals surface area contributed by atoms with Crippen molar-refractivity contribution < 1.29 is 9.53 Å². The molecule has 0 radical (unpaired) electrons. The summed E-state index contributed by atoms with van der Waals surface area (Å²) in [5.41, 5.74) is 6.15. The van der Waals surface area contributed by atoms with Crippen LogP contribution in [-0.2, 0) is 4.74 Å². The molecule has 6 heteroatoms. The minimum Gasteiger partial charge on any atom is -0.397 e. The number of hydrogen-bond donors (Lipinski definition) is 2. The highest BCUT2D eigenvalue weighted by molar-refractivity contribution is 6.29. The number of nitrogens with one attached hydrogen (secondary N) is 1. The number of rotatable bonds is 4. The monoisotopic (exact) mass is 269 g/mol. The van der Waals surface area contributed by atoms with Gasteiger partial charge in [0.05, 0.1) is 23.0 Å². The zero-order valence-electron chi connectivity index (χ0n) is 10.2. The number of carbonyl (C=O) groups excluding carboxylic acids is 1. The first-order valence-corrected chi connectivity index (χ1v) is 6.18. The van der Waals surface area contributed by atoms with Crippen molar-refractivity contribution in [3.05, 3.63) is 23.0 Å². The molecule has 0 bridgehead atoms. The number of halogens is 1. The fourth-order valence-electron chi connectivity index (χ4n) is 2.00. The Morgan fingerprint density at radius 1 is 1.67 bits per heavy atom. The Hall–Kier alpha value is -1.33. The molecule has 1 aliphatic carbocycles. The molecular weight excluding hydrogens is 254 g/mol. The number of methoxy groups -OCH3 is 1. The van der Waals surface area contributed by atoms with Crippen LogP contribution in [0.1, 0.15) is 29.6 Å². The second kappa shape index (κ2) is 5.12. The molecule has 0 aromatic carbocycles. The highest BCUT2D eigenvalue weighted by Crippen LogP contribution is 2.34. The number of hydrogen-bond acceptors (Lipinski definition) is 4. The van der Waals surface area contributed by atoms with E-state index in [4.69, 9.17) is 22.1 Å². The number of ether oxygens (including phenoxy) is 1. The second-order valence-electron chi connectivity index (χ2n) is 4.52. The summed E-state index contributed by atoms with van der Waals surface area (Å²) >= 11 is 5.75. The Morgan fingerprint density at radius 3 is 2.94 bits per heavy atom. The fourth-order valence-corrected chi connectivity index (χ4v) is 2.16. The standard InChI is InChI=1S/C12H16ClN3O2/c1-18-12(3-2-4-12)7-16-11(17)8-5-10(13)15-6-9(8)14/h5-6H,2-4,7,14H2,1H3,(H,16,17). The lowest BCUT2D eigenvalue weighted by Gasteiger charge is -2.40. The normalized spacial score (nSPS) is 17.0. The molecule has 3 N–H and O–H groups in total. The Bertz CT molecular complexity index is 455. The number of nitrogens with zero attached hydrogens (tertiary/aromatic N) is 1. The molecule has 1 amide bonds. The maximum absolute atomic E-state index is 12.0. The molecule has 1 saturated carbocycles. The zero-order chi connectivity index (χ0) is 13.2. The van der Waals surface area contributed by atoms with E-state index in [2.05, 4.69) is 10.3 Å². The first-order valence-electron chi connectivity index (χ1n) is 5.81. The third kappa shape index (κ3) is 2.57. The van der Waals surface area contributed by atoms with Gasteiger partial charge in [-0.05, 0) is 25.3 Å². The predicted molar refractivity (Wildman–Crippen MR) is 69.6 cm³/mol. The van der Waals surface area contributed by atoms with Gasteiger partial charge in [0.2, 0.25) is 0 Å².